The molecular weight excluding hydrogens is 370 g/mol. The number of aromatic hydroxyl groups is 2. The summed E-state index contributed by atoms with van der Waals surface area (Å²) in [5.74, 6) is 0.925. The van der Waals surface area contributed by atoms with Gasteiger partial charge in [-0.1, -0.05) is 35.8 Å². The molecule has 0 heterocycles. The maximum atomic E-state index is 10.3. The lowest BCUT2D eigenvalue weighted by molar-refractivity contribution is 0.317. The van der Waals surface area contributed by atoms with E-state index in [0.717, 1.165) is 16.5 Å². The van der Waals surface area contributed by atoms with E-state index in [4.69, 9.17) is 4.74 Å². The summed E-state index contributed by atoms with van der Waals surface area (Å²) in [5, 5.41) is 20.3. The predicted molar refractivity (Wildman–Crippen MR) is 101 cm³/mol. The fourth-order valence-corrected chi connectivity index (χ4v) is 2.74. The highest BCUT2D eigenvalue weighted by atomic mass is 79.9. The van der Waals surface area contributed by atoms with Gasteiger partial charge in [-0.3, -0.25) is 4.99 Å². The van der Waals surface area contributed by atoms with Crippen LogP contribution in [-0.2, 0) is 0 Å². The Morgan fingerprint density at radius 2 is 1.96 bits per heavy atom. The molecule has 0 aromatic heterocycles. The van der Waals surface area contributed by atoms with Crippen molar-refractivity contribution < 1.29 is 14.9 Å². The van der Waals surface area contributed by atoms with Gasteiger partial charge in [0, 0.05) is 16.3 Å². The fourth-order valence-electron chi connectivity index (χ4n) is 2.28. The van der Waals surface area contributed by atoms with Crippen LogP contribution < -0.4 is 4.74 Å². The quantitative estimate of drug-likeness (QED) is 0.636. The van der Waals surface area contributed by atoms with Gasteiger partial charge in [-0.15, -0.1) is 0 Å². The van der Waals surface area contributed by atoms with E-state index in [1.165, 1.54) is 6.21 Å². The molecule has 2 N–H and O–H groups in total. The van der Waals surface area contributed by atoms with Gasteiger partial charge in [-0.25, -0.2) is 0 Å². The van der Waals surface area contributed by atoms with Gasteiger partial charge in [0.1, 0.15) is 11.4 Å². The molecule has 2 aromatic carbocycles. The average molecular weight is 392 g/mol. The van der Waals surface area contributed by atoms with Gasteiger partial charge in [-0.2, -0.15) is 0 Å². The van der Waals surface area contributed by atoms with Crippen LogP contribution in [0.25, 0.3) is 0 Å². The molecular formula is C19H22BrNO3. The zero-order valence-corrected chi connectivity index (χ0v) is 15.7. The third kappa shape index (κ3) is 4.29. The van der Waals surface area contributed by atoms with Crippen molar-refractivity contribution in [3.05, 3.63) is 45.9 Å². The summed E-state index contributed by atoms with van der Waals surface area (Å²) < 4.78 is 6.19. The summed E-state index contributed by atoms with van der Waals surface area (Å²) in [4.78, 5) is 4.35. The minimum atomic E-state index is 0.0290. The first-order valence-corrected chi connectivity index (χ1v) is 8.77. The first kappa shape index (κ1) is 18.3. The van der Waals surface area contributed by atoms with Crippen LogP contribution in [-0.4, -0.2) is 23.0 Å². The van der Waals surface area contributed by atoms with E-state index in [1.807, 2.05) is 19.1 Å². The van der Waals surface area contributed by atoms with Crippen LogP contribution in [0.3, 0.4) is 0 Å². The van der Waals surface area contributed by atoms with Crippen molar-refractivity contribution in [3.8, 4) is 17.2 Å². The van der Waals surface area contributed by atoms with Crippen LogP contribution in [0.4, 0.5) is 5.69 Å². The zero-order valence-electron chi connectivity index (χ0n) is 14.1. The molecule has 0 amide bonds. The molecule has 0 radical (unpaired) electrons. The third-order valence-electron chi connectivity index (χ3n) is 3.89. The van der Waals surface area contributed by atoms with Crippen molar-refractivity contribution in [1.29, 1.82) is 0 Å². The highest BCUT2D eigenvalue weighted by Crippen LogP contribution is 2.35. The lowest BCUT2D eigenvalue weighted by Crippen LogP contribution is -1.94. The molecule has 4 nitrogen and oxygen atoms in total. The van der Waals surface area contributed by atoms with E-state index in [-0.39, 0.29) is 11.5 Å². The molecule has 1 atom stereocenters. The molecule has 0 aliphatic rings. The molecule has 0 aliphatic heterocycles. The second-order valence-electron chi connectivity index (χ2n) is 5.59. The fraction of sp³-hybridized carbons (Fsp3) is 0.316. The van der Waals surface area contributed by atoms with Crippen molar-refractivity contribution in [2.24, 2.45) is 4.99 Å². The maximum Gasteiger partial charge on any atom is 0.166 e. The lowest BCUT2D eigenvalue weighted by Gasteiger charge is -2.11. The average Bonchev–Trinajstić information content (AvgIpc) is 2.57. The van der Waals surface area contributed by atoms with Crippen LogP contribution in [0.1, 0.15) is 44.2 Å². The Bertz CT molecular complexity index is 744. The number of nitrogens with zero attached hydrogens (tertiary/aromatic N) is 1. The molecule has 128 valence electrons. The molecule has 2 aromatic rings. The first-order chi connectivity index (χ1) is 11.5. The number of phenolic OH excluding ortho intramolecular Hbond substituents is 2. The molecule has 0 fully saturated rings. The molecule has 24 heavy (non-hydrogen) atoms. The molecule has 0 saturated carbocycles. The van der Waals surface area contributed by atoms with E-state index in [0.29, 0.717) is 29.5 Å². The van der Waals surface area contributed by atoms with Gasteiger partial charge in [0.15, 0.2) is 11.5 Å². The molecule has 0 aliphatic carbocycles. The summed E-state index contributed by atoms with van der Waals surface area (Å²) in [5.41, 5.74) is 2.11. The largest absolute Gasteiger partial charge is 0.506 e. The molecule has 0 bridgehead atoms. The molecule has 5 heteroatoms. The maximum absolute atomic E-state index is 10.3. The monoisotopic (exact) mass is 391 g/mol. The normalized spacial score (nSPS) is 12.5. The molecule has 2 rings (SSSR count). The first-order valence-electron chi connectivity index (χ1n) is 7.98. The Hall–Kier alpha value is -2.01. The van der Waals surface area contributed by atoms with Crippen LogP contribution in [0, 0.1) is 0 Å². The van der Waals surface area contributed by atoms with Crippen LogP contribution in [0.2, 0.25) is 0 Å². The van der Waals surface area contributed by atoms with E-state index in [9.17, 15) is 10.2 Å². The number of rotatable bonds is 6. The molecule has 0 saturated heterocycles. The van der Waals surface area contributed by atoms with Crippen molar-refractivity contribution >= 4 is 27.8 Å². The molecule has 0 spiro atoms. The zero-order chi connectivity index (χ0) is 17.7. The summed E-state index contributed by atoms with van der Waals surface area (Å²) in [7, 11) is 0. The highest BCUT2D eigenvalue weighted by Gasteiger charge is 2.10. The Balaban J connectivity index is 2.37. The van der Waals surface area contributed by atoms with E-state index in [2.05, 4.69) is 34.8 Å². The van der Waals surface area contributed by atoms with Gasteiger partial charge in [0.2, 0.25) is 0 Å². The summed E-state index contributed by atoms with van der Waals surface area (Å²) in [6.07, 6.45) is 2.54. The standard InChI is InChI=1S/C19H22BrNO3/c1-4-12(3)13-6-7-17(22)16(9-13)21-11-14-8-15(20)10-18(19(14)23)24-5-2/h6-12,22-23H,4-5H2,1-3H3/t12-/m0/s1. The number of ether oxygens (including phenoxy) is 1. The highest BCUT2D eigenvalue weighted by molar-refractivity contribution is 9.10. The Labute approximate surface area is 151 Å². The van der Waals surface area contributed by atoms with Gasteiger partial charge in [0.25, 0.3) is 0 Å². The topological polar surface area (TPSA) is 62.0 Å². The number of phenols is 2. The number of halogens is 1. The van der Waals surface area contributed by atoms with E-state index in [1.54, 1.807) is 18.2 Å². The summed E-state index contributed by atoms with van der Waals surface area (Å²) in [6, 6.07) is 8.89. The van der Waals surface area contributed by atoms with Crippen molar-refractivity contribution in [2.75, 3.05) is 6.61 Å². The Morgan fingerprint density at radius 3 is 2.62 bits per heavy atom. The Morgan fingerprint density at radius 1 is 1.21 bits per heavy atom. The van der Waals surface area contributed by atoms with E-state index >= 15 is 0 Å². The smallest absolute Gasteiger partial charge is 0.166 e. The minimum absolute atomic E-state index is 0.0290. The SMILES string of the molecule is CCOc1cc(Br)cc(C=Nc2cc([C@@H](C)CC)ccc2O)c1O. The van der Waals surface area contributed by atoms with E-state index < -0.39 is 0 Å². The van der Waals surface area contributed by atoms with Crippen LogP contribution in [0.15, 0.2) is 39.8 Å². The van der Waals surface area contributed by atoms with Gasteiger partial charge in [0.05, 0.1) is 6.61 Å². The van der Waals surface area contributed by atoms with Gasteiger partial charge < -0.3 is 14.9 Å². The van der Waals surface area contributed by atoms with Crippen molar-refractivity contribution in [3.63, 3.8) is 0 Å². The van der Waals surface area contributed by atoms with Gasteiger partial charge in [-0.05, 0) is 49.1 Å². The second kappa shape index (κ2) is 8.20. The number of aliphatic imine (C=N–C) groups is 1. The second-order valence-corrected chi connectivity index (χ2v) is 6.51. The van der Waals surface area contributed by atoms with Crippen LogP contribution >= 0.6 is 15.9 Å². The van der Waals surface area contributed by atoms with Crippen molar-refractivity contribution in [2.45, 2.75) is 33.1 Å². The molecule has 0 unspecified atom stereocenters. The number of hydrogen-bond donors (Lipinski definition) is 2. The Kier molecular flexibility index (Phi) is 6.26. The predicted octanol–water partition coefficient (Wildman–Crippen LogP) is 5.52. The van der Waals surface area contributed by atoms with Crippen molar-refractivity contribution in [1.82, 2.24) is 0 Å². The van der Waals surface area contributed by atoms with Gasteiger partial charge >= 0.3 is 0 Å². The summed E-state index contributed by atoms with van der Waals surface area (Å²) in [6.45, 7) is 6.56. The minimum Gasteiger partial charge on any atom is -0.506 e. The summed E-state index contributed by atoms with van der Waals surface area (Å²) >= 11 is 3.40. The lowest BCUT2D eigenvalue weighted by atomic mass is 9.98. The number of hydrogen-bond acceptors (Lipinski definition) is 4. The number of benzene rings is 2. The van der Waals surface area contributed by atoms with Crippen LogP contribution in [0.5, 0.6) is 17.2 Å². The third-order valence-corrected chi connectivity index (χ3v) is 4.35.